The van der Waals surface area contributed by atoms with Crippen molar-refractivity contribution in [3.8, 4) is 0 Å². The zero-order chi connectivity index (χ0) is 17.2. The van der Waals surface area contributed by atoms with Crippen LogP contribution in [0, 0.1) is 5.41 Å². The quantitative estimate of drug-likeness (QED) is 0.847. The fraction of sp³-hybridized carbons (Fsp3) is 0.294. The molecule has 3 N–H and O–H groups in total. The highest BCUT2D eigenvalue weighted by Gasteiger charge is 2.33. The van der Waals surface area contributed by atoms with Crippen molar-refractivity contribution in [1.29, 1.82) is 0 Å². The van der Waals surface area contributed by atoms with Crippen molar-refractivity contribution in [2.75, 3.05) is 5.73 Å². The van der Waals surface area contributed by atoms with Crippen molar-refractivity contribution in [3.05, 3.63) is 53.3 Å². The molecular formula is C17H20ClN3O2. The van der Waals surface area contributed by atoms with Crippen molar-refractivity contribution < 1.29 is 9.59 Å². The maximum Gasteiger partial charge on any atom is 0.253 e. The molecule has 0 aliphatic rings. The van der Waals surface area contributed by atoms with E-state index in [1.54, 1.807) is 36.7 Å². The first-order chi connectivity index (χ1) is 10.7. The van der Waals surface area contributed by atoms with Gasteiger partial charge in [0.2, 0.25) is 0 Å². The van der Waals surface area contributed by atoms with Gasteiger partial charge in [0.25, 0.3) is 11.8 Å². The van der Waals surface area contributed by atoms with Gasteiger partial charge in [0, 0.05) is 18.0 Å². The summed E-state index contributed by atoms with van der Waals surface area (Å²) < 4.78 is 1.46. The van der Waals surface area contributed by atoms with Gasteiger partial charge < -0.3 is 11.1 Å². The second-order valence-corrected chi connectivity index (χ2v) is 6.84. The van der Waals surface area contributed by atoms with Crippen LogP contribution in [0.15, 0.2) is 42.7 Å². The van der Waals surface area contributed by atoms with E-state index < -0.39 is 11.5 Å². The second-order valence-electron chi connectivity index (χ2n) is 6.44. The first kappa shape index (κ1) is 17.1. The Kier molecular flexibility index (Phi) is 4.80. The first-order valence-corrected chi connectivity index (χ1v) is 7.61. The number of nitrogens with two attached hydrogens (primary N) is 1. The molecule has 0 radical (unpaired) electrons. The van der Waals surface area contributed by atoms with E-state index in [0.717, 1.165) is 0 Å². The highest BCUT2D eigenvalue weighted by atomic mass is 35.5. The Hall–Kier alpha value is -2.27. The molecule has 0 aliphatic carbocycles. The molecule has 23 heavy (non-hydrogen) atoms. The Balaban J connectivity index is 2.26. The number of hydrogen-bond acceptors (Lipinski definition) is 3. The van der Waals surface area contributed by atoms with Gasteiger partial charge in [0.05, 0.1) is 10.7 Å². The van der Waals surface area contributed by atoms with Crippen LogP contribution in [-0.4, -0.2) is 22.4 Å². The molecule has 0 fully saturated rings. The monoisotopic (exact) mass is 333 g/mol. The Morgan fingerprint density at radius 1 is 1.22 bits per heavy atom. The van der Waals surface area contributed by atoms with Gasteiger partial charge in [-0.05, 0) is 35.7 Å². The summed E-state index contributed by atoms with van der Waals surface area (Å²) >= 11 is 5.95. The van der Waals surface area contributed by atoms with Gasteiger partial charge in [-0.2, -0.15) is 0 Å². The predicted molar refractivity (Wildman–Crippen MR) is 91.6 cm³/mol. The van der Waals surface area contributed by atoms with E-state index in [0.29, 0.717) is 16.3 Å². The smallest absolute Gasteiger partial charge is 0.253 e. The molecule has 2 rings (SSSR count). The molecule has 1 amide bonds. The SMILES string of the molecule is CC(C)(C)C(NC(=O)c1ccc(N)c(Cl)c1)C(=O)n1cccc1. The Bertz CT molecular complexity index is 718. The first-order valence-electron chi connectivity index (χ1n) is 7.23. The van der Waals surface area contributed by atoms with E-state index in [4.69, 9.17) is 17.3 Å². The van der Waals surface area contributed by atoms with Crippen molar-refractivity contribution in [2.45, 2.75) is 26.8 Å². The zero-order valence-corrected chi connectivity index (χ0v) is 14.1. The minimum Gasteiger partial charge on any atom is -0.398 e. The van der Waals surface area contributed by atoms with Gasteiger partial charge in [-0.25, -0.2) is 0 Å². The average molecular weight is 334 g/mol. The third-order valence-corrected chi connectivity index (χ3v) is 3.84. The summed E-state index contributed by atoms with van der Waals surface area (Å²) in [6, 6.07) is 7.48. The number of anilines is 1. The lowest BCUT2D eigenvalue weighted by molar-refractivity contribution is 0.0720. The summed E-state index contributed by atoms with van der Waals surface area (Å²) in [4.78, 5) is 25.1. The van der Waals surface area contributed by atoms with Crippen LogP contribution in [0.5, 0.6) is 0 Å². The maximum absolute atomic E-state index is 12.6. The number of aromatic nitrogens is 1. The second kappa shape index (κ2) is 6.46. The van der Waals surface area contributed by atoms with Gasteiger partial charge in [0.1, 0.15) is 6.04 Å². The third kappa shape index (κ3) is 3.93. The molecule has 0 aliphatic heterocycles. The Labute approximate surface area is 140 Å². The number of amides is 1. The number of nitrogens with zero attached hydrogens (tertiary/aromatic N) is 1. The van der Waals surface area contributed by atoms with Crippen LogP contribution in [0.4, 0.5) is 5.69 Å². The van der Waals surface area contributed by atoms with Crippen LogP contribution >= 0.6 is 11.6 Å². The van der Waals surface area contributed by atoms with E-state index in [1.807, 2.05) is 20.8 Å². The lowest BCUT2D eigenvalue weighted by Crippen LogP contribution is -2.50. The van der Waals surface area contributed by atoms with Crippen LogP contribution < -0.4 is 11.1 Å². The lowest BCUT2D eigenvalue weighted by Gasteiger charge is -2.30. The Morgan fingerprint density at radius 3 is 2.35 bits per heavy atom. The number of benzene rings is 1. The van der Waals surface area contributed by atoms with Gasteiger partial charge in [-0.1, -0.05) is 32.4 Å². The molecule has 122 valence electrons. The predicted octanol–water partition coefficient (Wildman–Crippen LogP) is 3.21. The van der Waals surface area contributed by atoms with Crippen molar-refractivity contribution in [2.24, 2.45) is 5.41 Å². The van der Waals surface area contributed by atoms with E-state index in [2.05, 4.69) is 5.32 Å². The molecule has 2 aromatic rings. The molecule has 0 saturated heterocycles. The Morgan fingerprint density at radius 2 is 1.83 bits per heavy atom. The molecule has 5 nitrogen and oxygen atoms in total. The molecular weight excluding hydrogens is 314 g/mol. The normalized spacial score (nSPS) is 12.7. The summed E-state index contributed by atoms with van der Waals surface area (Å²) in [5.41, 5.74) is 5.96. The molecule has 1 atom stereocenters. The van der Waals surface area contributed by atoms with Gasteiger partial charge in [-0.3, -0.25) is 14.2 Å². The minimum absolute atomic E-state index is 0.197. The van der Waals surface area contributed by atoms with E-state index >= 15 is 0 Å². The van der Waals surface area contributed by atoms with Crippen LogP contribution in [-0.2, 0) is 0 Å². The number of carbonyl (C=O) groups is 2. The third-order valence-electron chi connectivity index (χ3n) is 3.51. The average Bonchev–Trinajstić information content (AvgIpc) is 2.99. The molecule has 1 aromatic carbocycles. The minimum atomic E-state index is -0.682. The summed E-state index contributed by atoms with van der Waals surface area (Å²) in [7, 11) is 0. The van der Waals surface area contributed by atoms with Crippen LogP contribution in [0.25, 0.3) is 0 Å². The molecule has 0 saturated carbocycles. The van der Waals surface area contributed by atoms with Crippen molar-refractivity contribution >= 4 is 29.1 Å². The van der Waals surface area contributed by atoms with Crippen LogP contribution in [0.1, 0.15) is 35.9 Å². The molecule has 1 aromatic heterocycles. The van der Waals surface area contributed by atoms with Gasteiger partial charge in [0.15, 0.2) is 0 Å². The number of carbonyl (C=O) groups excluding carboxylic acids is 2. The van der Waals surface area contributed by atoms with Gasteiger partial charge >= 0.3 is 0 Å². The van der Waals surface area contributed by atoms with Gasteiger partial charge in [-0.15, -0.1) is 0 Å². The van der Waals surface area contributed by atoms with Crippen LogP contribution in [0.2, 0.25) is 5.02 Å². The molecule has 0 spiro atoms. The number of halogens is 1. The fourth-order valence-electron chi connectivity index (χ4n) is 2.16. The summed E-state index contributed by atoms with van der Waals surface area (Å²) in [5.74, 6) is -0.565. The van der Waals surface area contributed by atoms with E-state index in [-0.39, 0.29) is 11.8 Å². The topological polar surface area (TPSA) is 77.1 Å². The number of hydrogen-bond donors (Lipinski definition) is 2. The molecule has 0 bridgehead atoms. The molecule has 6 heteroatoms. The van der Waals surface area contributed by atoms with Crippen molar-refractivity contribution in [1.82, 2.24) is 9.88 Å². The molecule has 1 heterocycles. The standard InChI is InChI=1S/C17H20ClN3O2/c1-17(2,3)14(16(23)21-8-4-5-9-21)20-15(22)11-6-7-13(19)12(18)10-11/h4-10,14H,19H2,1-3H3,(H,20,22). The lowest BCUT2D eigenvalue weighted by atomic mass is 9.86. The maximum atomic E-state index is 12.6. The van der Waals surface area contributed by atoms with Crippen molar-refractivity contribution in [3.63, 3.8) is 0 Å². The van der Waals surface area contributed by atoms with E-state index in [9.17, 15) is 9.59 Å². The number of nitrogens with one attached hydrogen (secondary N) is 1. The fourth-order valence-corrected chi connectivity index (χ4v) is 2.34. The number of rotatable bonds is 3. The number of nitrogen functional groups attached to an aromatic ring is 1. The van der Waals surface area contributed by atoms with E-state index in [1.165, 1.54) is 10.6 Å². The summed E-state index contributed by atoms with van der Waals surface area (Å²) in [5, 5.41) is 3.11. The molecule has 1 unspecified atom stereocenters. The largest absolute Gasteiger partial charge is 0.398 e. The summed E-state index contributed by atoms with van der Waals surface area (Å²) in [6.45, 7) is 5.69. The highest BCUT2D eigenvalue weighted by molar-refractivity contribution is 6.33. The summed E-state index contributed by atoms with van der Waals surface area (Å²) in [6.07, 6.45) is 3.32. The zero-order valence-electron chi connectivity index (χ0n) is 13.3. The highest BCUT2D eigenvalue weighted by Crippen LogP contribution is 2.23. The van der Waals surface area contributed by atoms with Crippen LogP contribution in [0.3, 0.4) is 0 Å².